The maximum absolute atomic E-state index is 7.87. The molecule has 24 heavy (non-hydrogen) atoms. The molecule has 9 nitrogen and oxygen atoms in total. The van der Waals surface area contributed by atoms with Crippen LogP contribution in [0.25, 0.3) is 31.3 Å². The zero-order valence-corrected chi connectivity index (χ0v) is 23.5. The Kier molecular flexibility index (Phi) is 42.0. The van der Waals surface area contributed by atoms with E-state index in [9.17, 15) is 0 Å². The Hall–Kier alpha value is 0.326. The summed E-state index contributed by atoms with van der Waals surface area (Å²) < 4.78 is 14.3. The summed E-state index contributed by atoms with van der Waals surface area (Å²) in [6.45, 7) is 6.44. The summed E-state index contributed by atoms with van der Waals surface area (Å²) in [5, 5.41) is 0. The molecular formula is C12H27N9Sn3. The second kappa shape index (κ2) is 34.6. The summed E-state index contributed by atoms with van der Waals surface area (Å²) in [7, 11) is 0. The Labute approximate surface area is 176 Å². The van der Waals surface area contributed by atoms with E-state index in [-0.39, 0.29) is 0 Å². The number of unbranched alkanes of at least 4 members (excludes halogenated alkanes) is 3. The van der Waals surface area contributed by atoms with Crippen LogP contribution in [-0.4, -0.2) is 64.2 Å². The molecule has 0 fully saturated rings. The molecule has 0 aromatic carbocycles. The fourth-order valence-corrected chi connectivity index (χ4v) is 6.79. The van der Waals surface area contributed by atoms with Crippen molar-refractivity contribution in [2.24, 2.45) is 10.0 Å². The summed E-state index contributed by atoms with van der Waals surface area (Å²) in [4.78, 5) is 8.12. The molecule has 0 amide bonds. The average Bonchev–Trinajstić information content (AvgIpc) is 2.61. The van der Waals surface area contributed by atoms with Crippen molar-refractivity contribution >= 4 is 64.2 Å². The van der Waals surface area contributed by atoms with Gasteiger partial charge in [0.05, 0.1) is 0 Å². The second-order valence-electron chi connectivity index (χ2n) is 4.35. The van der Waals surface area contributed by atoms with Gasteiger partial charge in [0, 0.05) is 0 Å². The van der Waals surface area contributed by atoms with Crippen LogP contribution >= 0.6 is 0 Å². The number of azide groups is 3. The molecule has 6 radical (unpaired) electrons. The molecule has 0 N–H and O–H groups in total. The summed E-state index contributed by atoms with van der Waals surface area (Å²) in [6, 6.07) is 0. The third-order valence-electron chi connectivity index (χ3n) is 2.27. The predicted molar refractivity (Wildman–Crippen MR) is 104 cm³/mol. The molecule has 0 heterocycles. The molecule has 0 spiro atoms. The normalized spacial score (nSPS) is 8.12. The Bertz CT molecular complexity index is 319. The zero-order chi connectivity index (χ0) is 18.7. The van der Waals surface area contributed by atoms with Crippen molar-refractivity contribution in [2.45, 2.75) is 72.6 Å². The van der Waals surface area contributed by atoms with Gasteiger partial charge in [-0.05, 0) is 0 Å². The molecule has 132 valence electrons. The first kappa shape index (κ1) is 29.1. The summed E-state index contributed by atoms with van der Waals surface area (Å²) >= 11 is -1.88. The molecule has 0 aromatic rings. The van der Waals surface area contributed by atoms with E-state index in [4.69, 9.17) is 16.6 Å². The number of hydrogen-bond donors (Lipinski definition) is 0. The zero-order valence-electron chi connectivity index (χ0n) is 14.9. The van der Waals surface area contributed by atoms with Crippen molar-refractivity contribution in [3.05, 3.63) is 31.3 Å². The molecule has 0 aliphatic rings. The Morgan fingerprint density at radius 2 is 0.833 bits per heavy atom. The van der Waals surface area contributed by atoms with E-state index in [1.165, 1.54) is 51.8 Å². The van der Waals surface area contributed by atoms with Gasteiger partial charge in [-0.25, -0.2) is 0 Å². The molecule has 0 aliphatic heterocycles. The Morgan fingerprint density at radius 1 is 0.583 bits per heavy atom. The molecule has 0 aliphatic carbocycles. The predicted octanol–water partition coefficient (Wildman–Crippen LogP) is 6.40. The molecular weight excluding hydrogens is 626 g/mol. The van der Waals surface area contributed by atoms with Crippen LogP contribution in [0, 0.1) is 0 Å². The van der Waals surface area contributed by atoms with E-state index in [1.54, 1.807) is 0 Å². The molecule has 0 bridgehead atoms. The summed E-state index contributed by atoms with van der Waals surface area (Å²) in [5.74, 6) is 0. The molecule has 0 atom stereocenters. The first-order valence-corrected chi connectivity index (χ1v) is 17.9. The van der Waals surface area contributed by atoms with E-state index < -0.39 is 64.2 Å². The van der Waals surface area contributed by atoms with E-state index in [1.807, 2.05) is 0 Å². The summed E-state index contributed by atoms with van der Waals surface area (Å²) in [5.41, 5.74) is 23.6. The molecule has 0 rings (SSSR count). The van der Waals surface area contributed by atoms with Gasteiger partial charge in [0.15, 0.2) is 0 Å². The third-order valence-corrected chi connectivity index (χ3v) is 9.19. The van der Waals surface area contributed by atoms with E-state index >= 15 is 0 Å². The minimum absolute atomic E-state index is 0.626. The van der Waals surface area contributed by atoms with Crippen molar-refractivity contribution in [3.63, 3.8) is 0 Å². The van der Waals surface area contributed by atoms with E-state index in [2.05, 4.69) is 45.5 Å². The first-order valence-electron chi connectivity index (χ1n) is 8.05. The Balaban J connectivity index is -0.000000276. The van der Waals surface area contributed by atoms with Gasteiger partial charge in [-0.15, -0.1) is 0 Å². The minimum atomic E-state index is -0.626. The third kappa shape index (κ3) is 43.2. The number of rotatable bonds is 12. The van der Waals surface area contributed by atoms with E-state index in [0.29, 0.717) is 0 Å². The Morgan fingerprint density at radius 3 is 1.00 bits per heavy atom. The molecule has 0 unspecified atom stereocenters. The van der Waals surface area contributed by atoms with Crippen LogP contribution in [0.5, 0.6) is 0 Å². The van der Waals surface area contributed by atoms with Crippen LogP contribution in [0.3, 0.4) is 0 Å². The molecule has 0 saturated heterocycles. The molecule has 12 heteroatoms. The fraction of sp³-hybridized carbons (Fsp3) is 1.00. The van der Waals surface area contributed by atoms with Gasteiger partial charge in [-0.1, -0.05) is 0 Å². The topological polar surface area (TPSA) is 146 Å². The van der Waals surface area contributed by atoms with Gasteiger partial charge < -0.3 is 0 Å². The van der Waals surface area contributed by atoms with E-state index in [0.717, 1.165) is 0 Å². The van der Waals surface area contributed by atoms with Crippen LogP contribution in [0.1, 0.15) is 59.3 Å². The van der Waals surface area contributed by atoms with Gasteiger partial charge in [0.25, 0.3) is 0 Å². The number of nitrogens with zero attached hydrogens (tertiary/aromatic N) is 9. The monoisotopic (exact) mass is 657 g/mol. The van der Waals surface area contributed by atoms with Crippen LogP contribution < -0.4 is 0 Å². The van der Waals surface area contributed by atoms with Gasteiger partial charge in [0.2, 0.25) is 0 Å². The van der Waals surface area contributed by atoms with Gasteiger partial charge in [-0.3, -0.25) is 0 Å². The number of hydrogen-bond acceptors (Lipinski definition) is 3. The first-order chi connectivity index (χ1) is 11.7. The van der Waals surface area contributed by atoms with Crippen LogP contribution in [0.2, 0.25) is 13.3 Å². The van der Waals surface area contributed by atoms with Gasteiger partial charge >= 0.3 is 178 Å². The van der Waals surface area contributed by atoms with Gasteiger partial charge in [0.1, 0.15) is 0 Å². The van der Waals surface area contributed by atoms with Crippen LogP contribution in [0.15, 0.2) is 10.0 Å². The maximum atomic E-state index is 7.87. The quantitative estimate of drug-likeness (QED) is 0.0754. The van der Waals surface area contributed by atoms with Crippen LogP contribution in [0.4, 0.5) is 0 Å². The molecule has 0 saturated carbocycles. The van der Waals surface area contributed by atoms with Gasteiger partial charge in [-0.2, -0.15) is 0 Å². The molecule has 0 aromatic heterocycles. The second-order valence-corrected chi connectivity index (χ2v) is 13.1. The standard InChI is InChI=1S/3C4H9.3N3.3Sn/c3*1-3-4-2;3*1-3-2;;;/h3*1,3-4H2,2H3;;;;;;/q;;;3*-1;3*+1. The van der Waals surface area contributed by atoms with Crippen molar-refractivity contribution < 1.29 is 0 Å². The van der Waals surface area contributed by atoms with Crippen LogP contribution in [-0.2, 0) is 0 Å². The van der Waals surface area contributed by atoms with Crippen molar-refractivity contribution in [1.29, 1.82) is 0 Å². The van der Waals surface area contributed by atoms with Crippen molar-refractivity contribution in [2.75, 3.05) is 0 Å². The summed E-state index contributed by atoms with van der Waals surface area (Å²) in [6.07, 6.45) is 7.40. The van der Waals surface area contributed by atoms with Crippen molar-refractivity contribution in [3.8, 4) is 0 Å². The SMILES string of the molecule is CCC[CH2][Sn][N]=[N+]=[N-].CCC[CH2][Sn][N]=[N+]=[N-].CCC[CH2][Sn][N]=[N+]=[N-]. The fourth-order valence-electron chi connectivity index (χ4n) is 1.01. The average molecular weight is 654 g/mol. The van der Waals surface area contributed by atoms with Crippen molar-refractivity contribution in [1.82, 2.24) is 0 Å².